The summed E-state index contributed by atoms with van der Waals surface area (Å²) in [5.41, 5.74) is 3.60. The number of nitriles is 1. The van der Waals surface area contributed by atoms with Gasteiger partial charge in [0.25, 0.3) is 5.91 Å². The van der Waals surface area contributed by atoms with Crippen LogP contribution in [0.15, 0.2) is 41.5 Å². The lowest BCUT2D eigenvalue weighted by molar-refractivity contribution is -0.127. The molecule has 3 rings (SSSR count). The van der Waals surface area contributed by atoms with Gasteiger partial charge in [-0.05, 0) is 48.9 Å². The number of halogens is 1. The summed E-state index contributed by atoms with van der Waals surface area (Å²) >= 11 is 6.23. The first kappa shape index (κ1) is 19.5. The van der Waals surface area contributed by atoms with Crippen LogP contribution in [0.2, 0.25) is 5.02 Å². The highest BCUT2D eigenvalue weighted by Crippen LogP contribution is 2.37. The van der Waals surface area contributed by atoms with Crippen molar-refractivity contribution in [2.24, 2.45) is 5.10 Å². The van der Waals surface area contributed by atoms with Gasteiger partial charge in [0.15, 0.2) is 17.6 Å². The van der Waals surface area contributed by atoms with Crippen molar-refractivity contribution < 1.29 is 19.0 Å². The van der Waals surface area contributed by atoms with Gasteiger partial charge in [0.2, 0.25) is 0 Å². The molecule has 0 fully saturated rings. The van der Waals surface area contributed by atoms with Gasteiger partial charge in [0, 0.05) is 6.42 Å². The van der Waals surface area contributed by atoms with Gasteiger partial charge in [-0.3, -0.25) is 4.79 Å². The van der Waals surface area contributed by atoms with Crippen molar-refractivity contribution in [1.29, 1.82) is 5.26 Å². The van der Waals surface area contributed by atoms with E-state index >= 15 is 0 Å². The van der Waals surface area contributed by atoms with E-state index in [4.69, 9.17) is 31.1 Å². The molecule has 28 heavy (non-hydrogen) atoms. The number of nitrogens with zero attached hydrogens (tertiary/aromatic N) is 2. The molecule has 8 heteroatoms. The third-order valence-corrected chi connectivity index (χ3v) is 4.16. The van der Waals surface area contributed by atoms with Gasteiger partial charge in [0.1, 0.15) is 5.75 Å². The molecular weight excluding hydrogens is 382 g/mol. The normalized spacial score (nSPS) is 14.0. The molecule has 0 aliphatic carbocycles. The number of amides is 1. The lowest BCUT2D eigenvalue weighted by Crippen LogP contribution is -2.33. The van der Waals surface area contributed by atoms with Gasteiger partial charge in [0.05, 0.1) is 36.1 Å². The molecule has 2 aromatic carbocycles. The van der Waals surface area contributed by atoms with Crippen molar-refractivity contribution >= 4 is 23.7 Å². The summed E-state index contributed by atoms with van der Waals surface area (Å²) in [6, 6.07) is 11.9. The number of hydrogen-bond donors (Lipinski definition) is 1. The van der Waals surface area contributed by atoms with Crippen molar-refractivity contribution in [1.82, 2.24) is 5.43 Å². The van der Waals surface area contributed by atoms with Crippen molar-refractivity contribution in [3.63, 3.8) is 0 Å². The molecule has 0 aromatic heterocycles. The van der Waals surface area contributed by atoms with Gasteiger partial charge < -0.3 is 14.2 Å². The van der Waals surface area contributed by atoms with E-state index in [-0.39, 0.29) is 0 Å². The standard InChI is InChI=1S/C20H18ClN3O4/c1-13(28-16-5-3-14(11-22)4-6-16)20(25)24-23-12-15-9-17(21)19-18(10-15)26-7-2-8-27-19/h3-6,9-10,12-13H,2,7-8H2,1H3,(H,24,25)/b23-12-/t13-/m0/s1. The number of benzene rings is 2. The monoisotopic (exact) mass is 399 g/mol. The molecule has 7 nitrogen and oxygen atoms in total. The molecule has 1 atom stereocenters. The molecule has 2 aromatic rings. The minimum Gasteiger partial charge on any atom is -0.489 e. The molecule has 1 N–H and O–H groups in total. The Morgan fingerprint density at radius 1 is 1.32 bits per heavy atom. The Balaban J connectivity index is 1.59. The zero-order chi connectivity index (χ0) is 19.9. The Morgan fingerprint density at radius 2 is 2.07 bits per heavy atom. The summed E-state index contributed by atoms with van der Waals surface area (Å²) < 4.78 is 16.7. The second-order valence-corrected chi connectivity index (χ2v) is 6.42. The van der Waals surface area contributed by atoms with Crippen LogP contribution in [0.3, 0.4) is 0 Å². The molecular formula is C20H18ClN3O4. The van der Waals surface area contributed by atoms with Crippen molar-refractivity contribution in [3.8, 4) is 23.3 Å². The van der Waals surface area contributed by atoms with Crippen LogP contribution in [0.25, 0.3) is 0 Å². The minimum atomic E-state index is -0.766. The van der Waals surface area contributed by atoms with Crippen LogP contribution in [0.1, 0.15) is 24.5 Å². The number of carbonyl (C=O) groups excluding carboxylic acids is 1. The van der Waals surface area contributed by atoms with E-state index in [1.807, 2.05) is 6.07 Å². The van der Waals surface area contributed by atoms with Crippen LogP contribution in [0, 0.1) is 11.3 Å². The van der Waals surface area contributed by atoms with Gasteiger partial charge in [-0.1, -0.05) is 11.6 Å². The summed E-state index contributed by atoms with van der Waals surface area (Å²) in [4.78, 5) is 12.1. The molecule has 0 unspecified atom stereocenters. The van der Waals surface area contributed by atoms with E-state index in [1.54, 1.807) is 43.3 Å². The Kier molecular flexibility index (Phi) is 6.35. The van der Waals surface area contributed by atoms with Crippen LogP contribution in [-0.4, -0.2) is 31.4 Å². The summed E-state index contributed by atoms with van der Waals surface area (Å²) in [5, 5.41) is 13.2. The third-order valence-electron chi connectivity index (χ3n) is 3.88. The largest absolute Gasteiger partial charge is 0.489 e. The summed E-state index contributed by atoms with van der Waals surface area (Å²) in [5.74, 6) is 1.14. The first-order valence-electron chi connectivity index (χ1n) is 8.65. The fraction of sp³-hybridized carbons (Fsp3) is 0.250. The van der Waals surface area contributed by atoms with E-state index in [0.29, 0.717) is 46.6 Å². The van der Waals surface area contributed by atoms with E-state index in [9.17, 15) is 4.79 Å². The maximum absolute atomic E-state index is 12.1. The Labute approximate surface area is 167 Å². The molecule has 1 aliphatic rings. The van der Waals surface area contributed by atoms with E-state index in [2.05, 4.69) is 10.5 Å². The van der Waals surface area contributed by atoms with Gasteiger partial charge in [-0.25, -0.2) is 5.43 Å². The highest BCUT2D eigenvalue weighted by atomic mass is 35.5. The van der Waals surface area contributed by atoms with Gasteiger partial charge in [-0.15, -0.1) is 0 Å². The minimum absolute atomic E-state index is 0.416. The number of fused-ring (bicyclic) bond motifs is 1. The number of hydrazone groups is 1. The SMILES string of the molecule is C[C@H](Oc1ccc(C#N)cc1)C(=O)N/N=C\c1cc(Cl)c2c(c1)OCCCO2. The average Bonchev–Trinajstić information content (AvgIpc) is 2.94. The third kappa shape index (κ3) is 4.93. The fourth-order valence-corrected chi connectivity index (χ4v) is 2.73. The molecule has 144 valence electrons. The van der Waals surface area contributed by atoms with Crippen LogP contribution >= 0.6 is 11.6 Å². The first-order valence-corrected chi connectivity index (χ1v) is 9.03. The lowest BCUT2D eigenvalue weighted by atomic mass is 10.2. The number of hydrogen-bond acceptors (Lipinski definition) is 6. The van der Waals surface area contributed by atoms with E-state index in [1.165, 1.54) is 6.21 Å². The summed E-state index contributed by atoms with van der Waals surface area (Å²) in [6.07, 6.45) is 1.48. The predicted octanol–water partition coefficient (Wildman–Crippen LogP) is 3.29. The average molecular weight is 400 g/mol. The smallest absolute Gasteiger partial charge is 0.280 e. The van der Waals surface area contributed by atoms with Crippen molar-refractivity contribution in [2.45, 2.75) is 19.4 Å². The summed E-state index contributed by atoms with van der Waals surface area (Å²) in [7, 11) is 0. The molecule has 0 spiro atoms. The highest BCUT2D eigenvalue weighted by Gasteiger charge is 2.16. The molecule has 1 amide bonds. The van der Waals surface area contributed by atoms with Crippen LogP contribution in [0.5, 0.6) is 17.2 Å². The molecule has 0 saturated heterocycles. The first-order chi connectivity index (χ1) is 13.6. The second-order valence-electron chi connectivity index (χ2n) is 6.01. The number of ether oxygens (including phenoxy) is 3. The van der Waals surface area contributed by atoms with E-state index < -0.39 is 12.0 Å². The summed E-state index contributed by atoms with van der Waals surface area (Å²) in [6.45, 7) is 2.70. The zero-order valence-electron chi connectivity index (χ0n) is 15.1. The maximum Gasteiger partial charge on any atom is 0.280 e. The Hall–Kier alpha value is -3.24. The zero-order valence-corrected chi connectivity index (χ0v) is 15.9. The van der Waals surface area contributed by atoms with Crippen LogP contribution in [0.4, 0.5) is 0 Å². The molecule has 0 bridgehead atoms. The molecule has 1 heterocycles. The number of nitrogens with one attached hydrogen (secondary N) is 1. The van der Waals surface area contributed by atoms with Crippen molar-refractivity contribution in [2.75, 3.05) is 13.2 Å². The van der Waals surface area contributed by atoms with Crippen LogP contribution in [-0.2, 0) is 4.79 Å². The molecule has 1 aliphatic heterocycles. The predicted molar refractivity (Wildman–Crippen MR) is 104 cm³/mol. The van der Waals surface area contributed by atoms with E-state index in [0.717, 1.165) is 6.42 Å². The molecule has 0 radical (unpaired) electrons. The Bertz CT molecular complexity index is 922. The fourth-order valence-electron chi connectivity index (χ4n) is 2.45. The number of rotatable bonds is 5. The quantitative estimate of drug-likeness (QED) is 0.615. The van der Waals surface area contributed by atoms with Crippen LogP contribution < -0.4 is 19.6 Å². The second kappa shape index (κ2) is 9.11. The highest BCUT2D eigenvalue weighted by molar-refractivity contribution is 6.32. The number of carbonyl (C=O) groups is 1. The lowest BCUT2D eigenvalue weighted by Gasteiger charge is -2.13. The Morgan fingerprint density at radius 3 is 2.82 bits per heavy atom. The molecule has 0 saturated carbocycles. The van der Waals surface area contributed by atoms with Crippen molar-refractivity contribution in [3.05, 3.63) is 52.5 Å². The van der Waals surface area contributed by atoms with Gasteiger partial charge in [-0.2, -0.15) is 10.4 Å². The topological polar surface area (TPSA) is 92.9 Å². The van der Waals surface area contributed by atoms with Gasteiger partial charge >= 0.3 is 0 Å². The maximum atomic E-state index is 12.1.